The molecule has 1 fully saturated rings. The van der Waals surface area contributed by atoms with Crippen LogP contribution < -0.4 is 5.32 Å². The first kappa shape index (κ1) is 22.4. The molecule has 0 radical (unpaired) electrons. The van der Waals surface area contributed by atoms with Crippen molar-refractivity contribution in [1.29, 1.82) is 0 Å². The lowest BCUT2D eigenvalue weighted by atomic mass is 10.2. The van der Waals surface area contributed by atoms with Crippen LogP contribution >= 0.6 is 0 Å². The van der Waals surface area contributed by atoms with Gasteiger partial charge >= 0.3 is 6.18 Å². The smallest absolute Gasteiger partial charge is 0.368 e. The Balaban J connectivity index is 1.35. The predicted molar refractivity (Wildman–Crippen MR) is 123 cm³/mol. The molecule has 5 rings (SSSR count). The van der Waals surface area contributed by atoms with Crippen molar-refractivity contribution in [2.45, 2.75) is 31.8 Å². The van der Waals surface area contributed by atoms with E-state index >= 15 is 0 Å². The van der Waals surface area contributed by atoms with E-state index < -0.39 is 18.0 Å². The lowest BCUT2D eigenvalue weighted by molar-refractivity contribution is -0.137. The molecule has 0 spiro atoms. The Labute approximate surface area is 194 Å². The SMILES string of the molecule is OC(Nc1ccc(CN2CCCC2)cc1)c1ccc2ncn(-c3cccc(C(F)(F)F)c3)c2n1. The molecule has 1 unspecified atom stereocenters. The Bertz CT molecular complexity index is 1280. The van der Waals surface area contributed by atoms with Gasteiger partial charge in [-0.1, -0.05) is 18.2 Å². The summed E-state index contributed by atoms with van der Waals surface area (Å²) in [5.74, 6) is 0. The number of imidazole rings is 1. The van der Waals surface area contributed by atoms with E-state index in [-0.39, 0.29) is 5.69 Å². The van der Waals surface area contributed by atoms with E-state index in [9.17, 15) is 18.3 Å². The van der Waals surface area contributed by atoms with Crippen LogP contribution in [0.5, 0.6) is 0 Å². The molecule has 0 bridgehead atoms. The number of nitrogens with one attached hydrogen (secondary N) is 1. The van der Waals surface area contributed by atoms with Gasteiger partial charge < -0.3 is 10.4 Å². The van der Waals surface area contributed by atoms with E-state index in [1.807, 2.05) is 24.3 Å². The highest BCUT2D eigenvalue weighted by Crippen LogP contribution is 2.31. The van der Waals surface area contributed by atoms with Crippen LogP contribution in [0.4, 0.5) is 18.9 Å². The molecular weight excluding hydrogens is 443 g/mol. The van der Waals surface area contributed by atoms with Gasteiger partial charge in [0.25, 0.3) is 0 Å². The molecule has 176 valence electrons. The van der Waals surface area contributed by atoms with Gasteiger partial charge in [-0.3, -0.25) is 9.47 Å². The molecule has 4 aromatic rings. The number of pyridine rings is 1. The summed E-state index contributed by atoms with van der Waals surface area (Å²) in [5.41, 5.74) is 2.70. The van der Waals surface area contributed by atoms with Crippen molar-refractivity contribution in [3.05, 3.63) is 83.8 Å². The molecule has 6 nitrogen and oxygen atoms in total. The normalized spacial score (nSPS) is 15.6. The third-order valence-electron chi connectivity index (χ3n) is 6.01. The number of benzene rings is 2. The van der Waals surface area contributed by atoms with E-state index in [2.05, 4.69) is 20.2 Å². The van der Waals surface area contributed by atoms with Crippen molar-refractivity contribution in [3.8, 4) is 5.69 Å². The highest BCUT2D eigenvalue weighted by Gasteiger charge is 2.30. The predicted octanol–water partition coefficient (Wildman–Crippen LogP) is 5.14. The summed E-state index contributed by atoms with van der Waals surface area (Å²) in [4.78, 5) is 11.1. The van der Waals surface area contributed by atoms with Crippen molar-refractivity contribution in [2.24, 2.45) is 0 Å². The van der Waals surface area contributed by atoms with Crippen LogP contribution in [0.3, 0.4) is 0 Å². The van der Waals surface area contributed by atoms with Crippen molar-refractivity contribution in [1.82, 2.24) is 19.4 Å². The fourth-order valence-corrected chi connectivity index (χ4v) is 4.22. The number of nitrogens with zero attached hydrogens (tertiary/aromatic N) is 4. The Kier molecular flexibility index (Phi) is 5.97. The summed E-state index contributed by atoms with van der Waals surface area (Å²) in [5, 5.41) is 13.7. The third-order valence-corrected chi connectivity index (χ3v) is 6.01. The number of halogens is 3. The Morgan fingerprint density at radius 1 is 1.00 bits per heavy atom. The zero-order chi connectivity index (χ0) is 23.7. The molecule has 1 saturated heterocycles. The summed E-state index contributed by atoms with van der Waals surface area (Å²) in [6, 6.07) is 16.2. The highest BCUT2D eigenvalue weighted by molar-refractivity contribution is 5.73. The number of aliphatic hydroxyl groups excluding tert-OH is 1. The van der Waals surface area contributed by atoms with Crippen LogP contribution in [0.2, 0.25) is 0 Å². The van der Waals surface area contributed by atoms with Crippen LogP contribution in [0.15, 0.2) is 67.0 Å². The maximum absolute atomic E-state index is 13.1. The Morgan fingerprint density at radius 2 is 1.76 bits per heavy atom. The minimum atomic E-state index is -4.45. The molecule has 1 atom stereocenters. The molecular formula is C25H24F3N5O. The maximum atomic E-state index is 13.1. The number of aliphatic hydroxyl groups is 1. The number of hydrogen-bond donors (Lipinski definition) is 2. The molecule has 2 aromatic carbocycles. The second-order valence-corrected chi connectivity index (χ2v) is 8.47. The quantitative estimate of drug-likeness (QED) is 0.385. The molecule has 3 heterocycles. The fourth-order valence-electron chi connectivity index (χ4n) is 4.22. The summed E-state index contributed by atoms with van der Waals surface area (Å²) >= 11 is 0. The molecule has 1 aliphatic heterocycles. The number of anilines is 1. The van der Waals surface area contributed by atoms with Crippen LogP contribution in [-0.4, -0.2) is 37.6 Å². The van der Waals surface area contributed by atoms with Gasteiger partial charge in [0.1, 0.15) is 11.8 Å². The van der Waals surface area contributed by atoms with Gasteiger partial charge in [0.05, 0.1) is 11.3 Å². The van der Waals surface area contributed by atoms with E-state index in [0.717, 1.165) is 37.5 Å². The van der Waals surface area contributed by atoms with E-state index in [1.54, 1.807) is 18.2 Å². The number of rotatable bonds is 6. The molecule has 9 heteroatoms. The highest BCUT2D eigenvalue weighted by atomic mass is 19.4. The van der Waals surface area contributed by atoms with Gasteiger partial charge in [0.15, 0.2) is 11.9 Å². The summed E-state index contributed by atoms with van der Waals surface area (Å²) < 4.78 is 40.9. The van der Waals surface area contributed by atoms with Crippen LogP contribution in [0, 0.1) is 0 Å². The van der Waals surface area contributed by atoms with Crippen molar-refractivity contribution in [2.75, 3.05) is 18.4 Å². The fraction of sp³-hybridized carbons (Fsp3) is 0.280. The number of fused-ring (bicyclic) bond motifs is 1. The summed E-state index contributed by atoms with van der Waals surface area (Å²) in [6.45, 7) is 3.18. The molecule has 1 aliphatic rings. The molecule has 0 saturated carbocycles. The minimum absolute atomic E-state index is 0.290. The topological polar surface area (TPSA) is 66.2 Å². The van der Waals surface area contributed by atoms with Crippen LogP contribution in [0.25, 0.3) is 16.9 Å². The lowest BCUT2D eigenvalue weighted by Gasteiger charge is -2.17. The molecule has 2 aromatic heterocycles. The molecule has 34 heavy (non-hydrogen) atoms. The zero-order valence-corrected chi connectivity index (χ0v) is 18.3. The van der Waals surface area contributed by atoms with Crippen molar-refractivity contribution in [3.63, 3.8) is 0 Å². The molecule has 0 aliphatic carbocycles. The van der Waals surface area contributed by atoms with E-state index in [0.29, 0.717) is 16.9 Å². The lowest BCUT2D eigenvalue weighted by Crippen LogP contribution is -2.18. The third kappa shape index (κ3) is 4.76. The zero-order valence-electron chi connectivity index (χ0n) is 18.3. The van der Waals surface area contributed by atoms with Crippen LogP contribution in [-0.2, 0) is 12.7 Å². The van der Waals surface area contributed by atoms with Crippen LogP contribution in [0.1, 0.15) is 35.9 Å². The molecule has 2 N–H and O–H groups in total. The maximum Gasteiger partial charge on any atom is 0.416 e. The average Bonchev–Trinajstić information content (AvgIpc) is 3.49. The van der Waals surface area contributed by atoms with Crippen molar-refractivity contribution >= 4 is 16.9 Å². The van der Waals surface area contributed by atoms with Gasteiger partial charge in [0, 0.05) is 17.9 Å². The Hall–Kier alpha value is -3.43. The van der Waals surface area contributed by atoms with Gasteiger partial charge in [-0.2, -0.15) is 13.2 Å². The monoisotopic (exact) mass is 467 g/mol. The first-order chi connectivity index (χ1) is 16.4. The second kappa shape index (κ2) is 9.08. The van der Waals surface area contributed by atoms with E-state index in [4.69, 9.17) is 0 Å². The number of likely N-dealkylation sites (tertiary alicyclic amines) is 1. The average molecular weight is 467 g/mol. The number of alkyl halides is 3. The van der Waals surface area contributed by atoms with Gasteiger partial charge in [-0.15, -0.1) is 0 Å². The van der Waals surface area contributed by atoms with E-state index in [1.165, 1.54) is 35.4 Å². The minimum Gasteiger partial charge on any atom is -0.368 e. The number of aromatic nitrogens is 3. The number of hydrogen-bond acceptors (Lipinski definition) is 5. The summed E-state index contributed by atoms with van der Waals surface area (Å²) in [7, 11) is 0. The standard InChI is InChI=1S/C25H24F3N5O/c26-25(27,28)18-4-3-5-20(14-18)33-16-29-21-10-11-22(31-23(21)33)24(34)30-19-8-6-17(7-9-19)15-32-12-1-2-13-32/h3-11,14,16,24,30,34H,1-2,12-13,15H2. The summed E-state index contributed by atoms with van der Waals surface area (Å²) in [6.07, 6.45) is -1.63. The first-order valence-corrected chi connectivity index (χ1v) is 11.1. The molecule has 0 amide bonds. The van der Waals surface area contributed by atoms with Gasteiger partial charge in [0.2, 0.25) is 0 Å². The Morgan fingerprint density at radius 3 is 2.50 bits per heavy atom. The van der Waals surface area contributed by atoms with Gasteiger partial charge in [-0.25, -0.2) is 9.97 Å². The van der Waals surface area contributed by atoms with Gasteiger partial charge in [-0.05, 0) is 74.0 Å². The van der Waals surface area contributed by atoms with Crippen molar-refractivity contribution < 1.29 is 18.3 Å². The first-order valence-electron chi connectivity index (χ1n) is 11.1. The largest absolute Gasteiger partial charge is 0.416 e. The second-order valence-electron chi connectivity index (χ2n) is 8.47.